The molecule has 0 aliphatic heterocycles. The topological polar surface area (TPSA) is 25.8 Å². The van der Waals surface area contributed by atoms with Crippen LogP contribution in [-0.4, -0.2) is 9.97 Å². The van der Waals surface area contributed by atoms with Crippen molar-refractivity contribution in [1.29, 1.82) is 0 Å². The Kier molecular flexibility index (Phi) is 6.68. The number of hydrogen-bond acceptors (Lipinski definition) is 2. The maximum absolute atomic E-state index is 4.62. The predicted molar refractivity (Wildman–Crippen MR) is 101 cm³/mol. The van der Waals surface area contributed by atoms with Gasteiger partial charge in [-0.25, -0.2) is 9.97 Å². The van der Waals surface area contributed by atoms with Crippen LogP contribution >= 0.6 is 0 Å². The molecule has 134 valence electrons. The lowest BCUT2D eigenvalue weighted by Crippen LogP contribution is -2.18. The molecule has 2 aliphatic rings. The van der Waals surface area contributed by atoms with Crippen LogP contribution in [0.5, 0.6) is 0 Å². The summed E-state index contributed by atoms with van der Waals surface area (Å²) in [6.07, 6.45) is 20.9. The van der Waals surface area contributed by atoms with Gasteiger partial charge in [-0.2, -0.15) is 0 Å². The monoisotopic (exact) mass is 328 g/mol. The third-order valence-corrected chi connectivity index (χ3v) is 6.87. The Hall–Kier alpha value is -0.920. The van der Waals surface area contributed by atoms with Gasteiger partial charge in [-0.3, -0.25) is 0 Å². The van der Waals surface area contributed by atoms with E-state index in [4.69, 9.17) is 0 Å². The minimum absolute atomic E-state index is 0.618. The maximum atomic E-state index is 4.62. The summed E-state index contributed by atoms with van der Waals surface area (Å²) in [5.74, 6) is 4.77. The first kappa shape index (κ1) is 17.9. The van der Waals surface area contributed by atoms with Crippen molar-refractivity contribution in [2.45, 2.75) is 96.8 Å². The Morgan fingerprint density at radius 2 is 1.25 bits per heavy atom. The second-order valence-corrected chi connectivity index (χ2v) is 8.39. The highest BCUT2D eigenvalue weighted by Crippen LogP contribution is 2.39. The van der Waals surface area contributed by atoms with Crippen LogP contribution in [0.3, 0.4) is 0 Å². The van der Waals surface area contributed by atoms with E-state index in [1.807, 2.05) is 12.4 Å². The summed E-state index contributed by atoms with van der Waals surface area (Å²) in [5, 5.41) is 0. The molecule has 1 aromatic heterocycles. The number of nitrogens with zero attached hydrogens (tertiary/aromatic N) is 2. The highest BCUT2D eigenvalue weighted by molar-refractivity contribution is 5.07. The molecule has 0 saturated heterocycles. The number of aromatic nitrogens is 2. The number of rotatable bonds is 6. The number of aryl methyl sites for hydroxylation is 1. The molecule has 2 heteroatoms. The highest BCUT2D eigenvalue weighted by atomic mass is 14.9. The molecule has 0 aromatic carbocycles. The standard InChI is InChI=1S/C22H36N2/c1-3-17-5-7-19(8-6-17)9-10-20-11-13-21(14-12-20)22-23-15-18(4-2)16-24-22/h15-17,19-21H,3-14H2,1-2H3/t17-,19-,20?,21?. The SMILES string of the molecule is CCc1cnc(C2CCC(CC[C@H]3CC[C@H](CC)CC3)CC2)nc1. The van der Waals surface area contributed by atoms with E-state index in [0.29, 0.717) is 5.92 Å². The normalized spacial score (nSPS) is 31.1. The Morgan fingerprint density at radius 1 is 0.750 bits per heavy atom. The molecule has 2 fully saturated rings. The Bertz CT molecular complexity index is 465. The first-order valence-electron chi connectivity index (χ1n) is 10.6. The zero-order chi connectivity index (χ0) is 16.8. The molecule has 0 bridgehead atoms. The Balaban J connectivity index is 1.37. The molecule has 24 heavy (non-hydrogen) atoms. The van der Waals surface area contributed by atoms with E-state index in [1.165, 1.54) is 76.2 Å². The quantitative estimate of drug-likeness (QED) is 0.611. The molecule has 0 radical (unpaired) electrons. The Morgan fingerprint density at radius 3 is 1.75 bits per heavy atom. The maximum Gasteiger partial charge on any atom is 0.131 e. The predicted octanol–water partition coefficient (Wildman–Crippen LogP) is 6.31. The molecule has 1 heterocycles. The second-order valence-electron chi connectivity index (χ2n) is 8.39. The minimum atomic E-state index is 0.618. The van der Waals surface area contributed by atoms with Crippen molar-refractivity contribution in [2.75, 3.05) is 0 Å². The highest BCUT2D eigenvalue weighted by Gasteiger charge is 2.26. The summed E-state index contributed by atoms with van der Waals surface area (Å²) in [4.78, 5) is 9.24. The van der Waals surface area contributed by atoms with E-state index in [1.54, 1.807) is 0 Å². The average molecular weight is 329 g/mol. The van der Waals surface area contributed by atoms with Gasteiger partial charge in [0.25, 0.3) is 0 Å². The smallest absolute Gasteiger partial charge is 0.131 e. The van der Waals surface area contributed by atoms with Gasteiger partial charge in [-0.15, -0.1) is 0 Å². The lowest BCUT2D eigenvalue weighted by atomic mass is 9.75. The van der Waals surface area contributed by atoms with Gasteiger partial charge in [-0.05, 0) is 55.4 Å². The van der Waals surface area contributed by atoms with Crippen molar-refractivity contribution >= 4 is 0 Å². The van der Waals surface area contributed by atoms with Gasteiger partial charge in [0.15, 0.2) is 0 Å². The summed E-state index contributed by atoms with van der Waals surface area (Å²) in [6, 6.07) is 0. The van der Waals surface area contributed by atoms with E-state index < -0.39 is 0 Å². The molecule has 2 saturated carbocycles. The summed E-state index contributed by atoms with van der Waals surface area (Å²) < 4.78 is 0. The third-order valence-electron chi connectivity index (χ3n) is 6.87. The lowest BCUT2D eigenvalue weighted by Gasteiger charge is -2.31. The summed E-state index contributed by atoms with van der Waals surface area (Å²) in [5.41, 5.74) is 1.25. The minimum Gasteiger partial charge on any atom is -0.241 e. The van der Waals surface area contributed by atoms with Crippen molar-refractivity contribution in [1.82, 2.24) is 9.97 Å². The van der Waals surface area contributed by atoms with Crippen LogP contribution in [0, 0.1) is 17.8 Å². The van der Waals surface area contributed by atoms with E-state index in [9.17, 15) is 0 Å². The molecule has 1 aromatic rings. The van der Waals surface area contributed by atoms with Crippen LogP contribution in [0.1, 0.15) is 102 Å². The third kappa shape index (κ3) is 4.80. The van der Waals surface area contributed by atoms with Gasteiger partial charge < -0.3 is 0 Å². The van der Waals surface area contributed by atoms with Crippen LogP contribution in [0.15, 0.2) is 12.4 Å². The van der Waals surface area contributed by atoms with Crippen molar-refractivity contribution in [3.8, 4) is 0 Å². The van der Waals surface area contributed by atoms with Crippen LogP contribution < -0.4 is 0 Å². The average Bonchev–Trinajstić information content (AvgIpc) is 2.67. The van der Waals surface area contributed by atoms with Crippen molar-refractivity contribution < 1.29 is 0 Å². The van der Waals surface area contributed by atoms with Crippen molar-refractivity contribution in [2.24, 2.45) is 17.8 Å². The van der Waals surface area contributed by atoms with Gasteiger partial charge in [0, 0.05) is 18.3 Å². The van der Waals surface area contributed by atoms with E-state index in [0.717, 1.165) is 30.0 Å². The van der Waals surface area contributed by atoms with Gasteiger partial charge in [0.2, 0.25) is 0 Å². The first-order chi connectivity index (χ1) is 11.8. The molecule has 0 atom stereocenters. The summed E-state index contributed by atoms with van der Waals surface area (Å²) in [7, 11) is 0. The molecular formula is C22H36N2. The molecule has 3 rings (SSSR count). The van der Waals surface area contributed by atoms with E-state index >= 15 is 0 Å². The molecular weight excluding hydrogens is 292 g/mol. The molecule has 2 aliphatic carbocycles. The lowest BCUT2D eigenvalue weighted by molar-refractivity contribution is 0.226. The Labute approximate surface area is 148 Å². The van der Waals surface area contributed by atoms with Gasteiger partial charge >= 0.3 is 0 Å². The zero-order valence-electron chi connectivity index (χ0n) is 15.8. The molecule has 0 amide bonds. The largest absolute Gasteiger partial charge is 0.241 e. The van der Waals surface area contributed by atoms with Gasteiger partial charge in [-0.1, -0.05) is 58.8 Å². The summed E-state index contributed by atoms with van der Waals surface area (Å²) >= 11 is 0. The number of hydrogen-bond donors (Lipinski definition) is 0. The molecule has 0 N–H and O–H groups in total. The second kappa shape index (κ2) is 8.97. The van der Waals surface area contributed by atoms with Crippen molar-refractivity contribution in [3.63, 3.8) is 0 Å². The van der Waals surface area contributed by atoms with Crippen LogP contribution in [-0.2, 0) is 6.42 Å². The van der Waals surface area contributed by atoms with Gasteiger partial charge in [0.05, 0.1) is 0 Å². The van der Waals surface area contributed by atoms with E-state index in [-0.39, 0.29) is 0 Å². The molecule has 0 unspecified atom stereocenters. The first-order valence-corrected chi connectivity index (χ1v) is 10.6. The fourth-order valence-electron chi connectivity index (χ4n) is 4.87. The van der Waals surface area contributed by atoms with Crippen molar-refractivity contribution in [3.05, 3.63) is 23.8 Å². The van der Waals surface area contributed by atoms with Crippen LogP contribution in [0.25, 0.3) is 0 Å². The zero-order valence-corrected chi connectivity index (χ0v) is 15.8. The van der Waals surface area contributed by atoms with Crippen LogP contribution in [0.2, 0.25) is 0 Å². The fourth-order valence-corrected chi connectivity index (χ4v) is 4.87. The van der Waals surface area contributed by atoms with Gasteiger partial charge in [0.1, 0.15) is 5.82 Å². The van der Waals surface area contributed by atoms with Crippen LogP contribution in [0.4, 0.5) is 0 Å². The molecule has 0 spiro atoms. The summed E-state index contributed by atoms with van der Waals surface area (Å²) in [6.45, 7) is 4.53. The fraction of sp³-hybridized carbons (Fsp3) is 0.818. The van der Waals surface area contributed by atoms with E-state index in [2.05, 4.69) is 23.8 Å². The molecule has 2 nitrogen and oxygen atoms in total.